The molecule has 0 unspecified atom stereocenters. The Kier molecular flexibility index (Phi) is 3.63. The van der Waals surface area contributed by atoms with Crippen LogP contribution in [0.15, 0.2) is 36.5 Å². The number of aliphatic hydroxyl groups excluding tert-OH is 1. The Balaban J connectivity index is 2.33. The second-order valence-corrected chi connectivity index (χ2v) is 3.78. The highest BCUT2D eigenvalue weighted by Gasteiger charge is 2.11. The molecule has 19 heavy (non-hydrogen) atoms. The molecule has 1 aromatic heterocycles. The molecule has 0 saturated heterocycles. The molecule has 0 fully saturated rings. The molecular weight excluding hydrogens is 248 g/mol. The monoisotopic (exact) mass is 260 g/mol. The fourth-order valence-corrected chi connectivity index (χ4v) is 1.53. The highest BCUT2D eigenvalue weighted by atomic mass is 16.5. The summed E-state index contributed by atoms with van der Waals surface area (Å²) in [6.45, 7) is -0.184. The van der Waals surface area contributed by atoms with Crippen LogP contribution in [0.3, 0.4) is 0 Å². The second kappa shape index (κ2) is 5.36. The van der Waals surface area contributed by atoms with Crippen molar-refractivity contribution in [1.82, 2.24) is 4.98 Å². The van der Waals surface area contributed by atoms with Crippen molar-refractivity contribution in [3.8, 4) is 11.6 Å². The van der Waals surface area contributed by atoms with Crippen molar-refractivity contribution in [3.05, 3.63) is 47.7 Å². The number of aromatic carboxylic acids is 1. The normalized spacial score (nSPS) is 10.2. The molecule has 0 spiro atoms. The van der Waals surface area contributed by atoms with Crippen LogP contribution in [0.25, 0.3) is 0 Å². The molecule has 98 valence electrons. The van der Waals surface area contributed by atoms with Gasteiger partial charge < -0.3 is 20.7 Å². The van der Waals surface area contributed by atoms with Gasteiger partial charge in [0.25, 0.3) is 0 Å². The molecule has 2 aromatic rings. The summed E-state index contributed by atoms with van der Waals surface area (Å²) in [5, 5.41) is 18.1. The van der Waals surface area contributed by atoms with E-state index in [1.165, 1.54) is 12.3 Å². The topological polar surface area (TPSA) is 106 Å². The first-order valence-electron chi connectivity index (χ1n) is 5.47. The highest BCUT2D eigenvalue weighted by molar-refractivity contribution is 5.93. The van der Waals surface area contributed by atoms with Crippen molar-refractivity contribution in [2.45, 2.75) is 6.61 Å². The van der Waals surface area contributed by atoms with E-state index < -0.39 is 5.97 Å². The second-order valence-electron chi connectivity index (χ2n) is 3.78. The molecule has 0 saturated carbocycles. The third-order valence-corrected chi connectivity index (χ3v) is 2.50. The molecule has 6 nitrogen and oxygen atoms in total. The van der Waals surface area contributed by atoms with Crippen LogP contribution in [0.5, 0.6) is 11.6 Å². The quantitative estimate of drug-likeness (QED) is 0.771. The zero-order chi connectivity index (χ0) is 13.8. The largest absolute Gasteiger partial charge is 0.478 e. The van der Waals surface area contributed by atoms with Crippen molar-refractivity contribution >= 4 is 11.7 Å². The lowest BCUT2D eigenvalue weighted by Crippen LogP contribution is -2.04. The van der Waals surface area contributed by atoms with Gasteiger partial charge in [-0.25, -0.2) is 9.78 Å². The predicted octanol–water partition coefficient (Wildman–Crippen LogP) is 1.65. The van der Waals surface area contributed by atoms with Crippen LogP contribution < -0.4 is 10.5 Å². The standard InChI is InChI=1S/C13H12N2O4/c14-10-6-15-12(5-9(10)13(17)18)19-11-4-2-1-3-8(11)7-16/h1-6,16H,7,14H2,(H,17,18). The minimum atomic E-state index is -1.15. The van der Waals surface area contributed by atoms with Crippen LogP contribution in [-0.2, 0) is 6.61 Å². The number of pyridine rings is 1. The van der Waals surface area contributed by atoms with Gasteiger partial charge in [-0.2, -0.15) is 0 Å². The lowest BCUT2D eigenvalue weighted by atomic mass is 10.2. The van der Waals surface area contributed by atoms with E-state index in [0.29, 0.717) is 11.3 Å². The van der Waals surface area contributed by atoms with Crippen molar-refractivity contribution in [2.75, 3.05) is 5.73 Å². The summed E-state index contributed by atoms with van der Waals surface area (Å²) in [4.78, 5) is 14.8. The van der Waals surface area contributed by atoms with Gasteiger partial charge in [0.1, 0.15) is 5.75 Å². The number of hydrogen-bond acceptors (Lipinski definition) is 5. The maximum absolute atomic E-state index is 10.9. The van der Waals surface area contributed by atoms with Crippen molar-refractivity contribution in [1.29, 1.82) is 0 Å². The average Bonchev–Trinajstić information content (AvgIpc) is 2.41. The lowest BCUT2D eigenvalue weighted by molar-refractivity contribution is 0.0697. The van der Waals surface area contributed by atoms with Crippen molar-refractivity contribution in [2.24, 2.45) is 0 Å². The Morgan fingerprint density at radius 2 is 2.11 bits per heavy atom. The van der Waals surface area contributed by atoms with E-state index in [4.69, 9.17) is 20.7 Å². The number of anilines is 1. The van der Waals surface area contributed by atoms with Gasteiger partial charge >= 0.3 is 5.97 Å². The molecule has 0 aliphatic carbocycles. The van der Waals surface area contributed by atoms with Crippen LogP contribution in [0.2, 0.25) is 0 Å². The van der Waals surface area contributed by atoms with E-state index in [1.54, 1.807) is 24.3 Å². The van der Waals surface area contributed by atoms with Crippen LogP contribution in [-0.4, -0.2) is 21.2 Å². The van der Waals surface area contributed by atoms with Gasteiger partial charge in [0.05, 0.1) is 24.1 Å². The Bertz CT molecular complexity index is 613. The van der Waals surface area contributed by atoms with E-state index in [2.05, 4.69) is 4.98 Å². The molecule has 2 rings (SSSR count). The summed E-state index contributed by atoms with van der Waals surface area (Å²) in [7, 11) is 0. The highest BCUT2D eigenvalue weighted by Crippen LogP contribution is 2.25. The molecule has 0 radical (unpaired) electrons. The van der Waals surface area contributed by atoms with E-state index in [1.807, 2.05) is 0 Å². The van der Waals surface area contributed by atoms with Crippen LogP contribution in [0, 0.1) is 0 Å². The van der Waals surface area contributed by atoms with Gasteiger partial charge in [-0.15, -0.1) is 0 Å². The minimum absolute atomic E-state index is 0.0651. The Morgan fingerprint density at radius 3 is 2.79 bits per heavy atom. The molecular formula is C13H12N2O4. The Morgan fingerprint density at radius 1 is 1.37 bits per heavy atom. The average molecular weight is 260 g/mol. The SMILES string of the molecule is Nc1cnc(Oc2ccccc2CO)cc1C(=O)O. The molecule has 0 atom stereocenters. The number of rotatable bonds is 4. The summed E-state index contributed by atoms with van der Waals surface area (Å²) < 4.78 is 5.46. The number of nitrogens with two attached hydrogens (primary N) is 1. The number of aromatic nitrogens is 1. The number of nitrogens with zero attached hydrogens (tertiary/aromatic N) is 1. The maximum atomic E-state index is 10.9. The molecule has 1 aromatic carbocycles. The summed E-state index contributed by atoms with van der Waals surface area (Å²) in [5.41, 5.74) is 6.07. The van der Waals surface area contributed by atoms with Gasteiger partial charge in [-0.1, -0.05) is 18.2 Å². The fourth-order valence-electron chi connectivity index (χ4n) is 1.53. The smallest absolute Gasteiger partial charge is 0.338 e. The number of carbonyl (C=O) groups is 1. The van der Waals surface area contributed by atoms with E-state index >= 15 is 0 Å². The Labute approximate surface area is 109 Å². The maximum Gasteiger partial charge on any atom is 0.338 e. The zero-order valence-electron chi connectivity index (χ0n) is 9.91. The van der Waals surface area contributed by atoms with Gasteiger partial charge in [-0.05, 0) is 6.07 Å². The molecule has 4 N–H and O–H groups in total. The number of para-hydroxylation sites is 1. The first-order chi connectivity index (χ1) is 9.11. The third kappa shape index (κ3) is 2.80. The van der Waals surface area contributed by atoms with Crippen molar-refractivity contribution in [3.63, 3.8) is 0 Å². The van der Waals surface area contributed by atoms with E-state index in [0.717, 1.165) is 0 Å². The number of aliphatic hydroxyl groups is 1. The number of ether oxygens (including phenoxy) is 1. The van der Waals surface area contributed by atoms with Gasteiger partial charge in [0.2, 0.25) is 5.88 Å². The third-order valence-electron chi connectivity index (χ3n) is 2.50. The summed E-state index contributed by atoms with van der Waals surface area (Å²) in [6.07, 6.45) is 1.22. The number of carboxylic acids is 1. The zero-order valence-corrected chi connectivity index (χ0v) is 9.91. The van der Waals surface area contributed by atoms with Crippen LogP contribution in [0.4, 0.5) is 5.69 Å². The first kappa shape index (κ1) is 12.8. The first-order valence-corrected chi connectivity index (χ1v) is 5.47. The molecule has 1 heterocycles. The number of nitrogen functional groups attached to an aromatic ring is 1. The van der Waals surface area contributed by atoms with E-state index in [-0.39, 0.29) is 23.7 Å². The van der Waals surface area contributed by atoms with E-state index in [9.17, 15) is 4.79 Å². The predicted molar refractivity (Wildman–Crippen MR) is 68.0 cm³/mol. The molecule has 0 bridgehead atoms. The summed E-state index contributed by atoms with van der Waals surface area (Å²) in [5.74, 6) is -0.633. The minimum Gasteiger partial charge on any atom is -0.478 e. The number of benzene rings is 1. The van der Waals surface area contributed by atoms with Crippen LogP contribution >= 0.6 is 0 Å². The number of carboxylic acid groups (broad SMARTS) is 1. The number of hydrogen-bond donors (Lipinski definition) is 3. The molecule has 0 aliphatic rings. The van der Waals surface area contributed by atoms with Crippen LogP contribution in [0.1, 0.15) is 15.9 Å². The summed E-state index contributed by atoms with van der Waals surface area (Å²) >= 11 is 0. The lowest BCUT2D eigenvalue weighted by Gasteiger charge is -2.09. The van der Waals surface area contributed by atoms with Gasteiger partial charge in [-0.3, -0.25) is 0 Å². The van der Waals surface area contributed by atoms with Gasteiger partial charge in [0, 0.05) is 11.6 Å². The summed E-state index contributed by atoms with van der Waals surface area (Å²) in [6, 6.07) is 8.10. The van der Waals surface area contributed by atoms with Gasteiger partial charge in [0.15, 0.2) is 0 Å². The fraction of sp³-hybridized carbons (Fsp3) is 0.0769. The molecule has 0 aliphatic heterocycles. The molecule has 0 amide bonds. The molecule has 6 heteroatoms. The van der Waals surface area contributed by atoms with Crippen molar-refractivity contribution < 1.29 is 19.7 Å². The Hall–Kier alpha value is -2.60.